The summed E-state index contributed by atoms with van der Waals surface area (Å²) in [5.74, 6) is 0.992. The number of rotatable bonds is 0. The van der Waals surface area contributed by atoms with E-state index in [9.17, 15) is 4.79 Å². The van der Waals surface area contributed by atoms with E-state index in [1.807, 2.05) is 0 Å². The first-order valence-electron chi connectivity index (χ1n) is 7.33. The first-order chi connectivity index (χ1) is 8.41. The van der Waals surface area contributed by atoms with Crippen LogP contribution < -0.4 is 0 Å². The Morgan fingerprint density at radius 3 is 2.50 bits per heavy atom. The van der Waals surface area contributed by atoms with Gasteiger partial charge in [-0.1, -0.05) is 40.9 Å². The lowest BCUT2D eigenvalue weighted by atomic mass is 9.59. The fourth-order valence-corrected chi connectivity index (χ4v) is 5.09. The van der Waals surface area contributed by atoms with Crippen LogP contribution in [0.15, 0.2) is 11.1 Å². The van der Waals surface area contributed by atoms with E-state index >= 15 is 0 Å². The summed E-state index contributed by atoms with van der Waals surface area (Å²) in [5, 5.41) is 0. The number of Topliss-reactive ketones (excluding diaryl/α,β-unsaturated/α-hetero) is 1. The molecule has 100 valence electrons. The molecule has 0 aliphatic heterocycles. The lowest BCUT2D eigenvalue weighted by Crippen LogP contribution is -2.50. The molecule has 0 N–H and O–H groups in total. The lowest BCUT2D eigenvalue weighted by Gasteiger charge is -2.49. The Morgan fingerprint density at radius 2 is 1.78 bits per heavy atom. The third kappa shape index (κ3) is 2.01. The van der Waals surface area contributed by atoms with Crippen molar-refractivity contribution in [3.8, 4) is 0 Å². The van der Waals surface area contributed by atoms with Crippen LogP contribution in [0.1, 0.15) is 65.2 Å². The van der Waals surface area contributed by atoms with Crippen molar-refractivity contribution >= 4 is 21.7 Å². The topological polar surface area (TPSA) is 17.1 Å². The van der Waals surface area contributed by atoms with Crippen molar-refractivity contribution < 1.29 is 4.79 Å². The summed E-state index contributed by atoms with van der Waals surface area (Å²) in [7, 11) is 0. The molecule has 1 nitrogen and oxygen atoms in total. The monoisotopic (exact) mass is 310 g/mol. The van der Waals surface area contributed by atoms with Gasteiger partial charge in [0.05, 0.1) is 4.32 Å². The standard InChI is InChI=1S/C16H23BrO/c1-15(2)9-13-7-11-5-3-4-6-12(11)8-16(13,17)14(18)10-15/h13H,3-10H2,1-2H3/t13?,16-/m1/s1. The Balaban J connectivity index is 1.94. The second kappa shape index (κ2) is 4.19. The molecule has 0 amide bonds. The molecule has 0 radical (unpaired) electrons. The van der Waals surface area contributed by atoms with Crippen LogP contribution in [-0.2, 0) is 4.79 Å². The lowest BCUT2D eigenvalue weighted by molar-refractivity contribution is -0.128. The highest BCUT2D eigenvalue weighted by atomic mass is 79.9. The molecular weight excluding hydrogens is 288 g/mol. The smallest absolute Gasteiger partial charge is 0.150 e. The highest BCUT2D eigenvalue weighted by Crippen LogP contribution is 2.55. The number of halogens is 1. The molecule has 0 saturated heterocycles. The molecule has 3 aliphatic rings. The maximum Gasteiger partial charge on any atom is 0.150 e. The van der Waals surface area contributed by atoms with Crippen molar-refractivity contribution in [2.45, 2.75) is 69.5 Å². The van der Waals surface area contributed by atoms with Gasteiger partial charge in [-0.15, -0.1) is 0 Å². The third-order valence-electron chi connectivity index (χ3n) is 5.22. The SMILES string of the molecule is CC1(C)CC(=O)[C@@]2(Br)CC3=C(CCCC3)CC2C1. The highest BCUT2D eigenvalue weighted by Gasteiger charge is 2.52. The Kier molecular flexibility index (Phi) is 3.01. The maximum atomic E-state index is 12.6. The van der Waals surface area contributed by atoms with Gasteiger partial charge in [0.15, 0.2) is 5.78 Å². The van der Waals surface area contributed by atoms with Crippen LogP contribution in [0.3, 0.4) is 0 Å². The summed E-state index contributed by atoms with van der Waals surface area (Å²) >= 11 is 3.87. The van der Waals surface area contributed by atoms with Crippen molar-refractivity contribution in [3.05, 3.63) is 11.1 Å². The molecule has 3 aliphatic carbocycles. The van der Waals surface area contributed by atoms with Crippen LogP contribution in [-0.4, -0.2) is 10.1 Å². The molecule has 0 heterocycles. The molecule has 0 spiro atoms. The maximum absolute atomic E-state index is 12.6. The van der Waals surface area contributed by atoms with Gasteiger partial charge in [0.2, 0.25) is 0 Å². The molecule has 1 fully saturated rings. The summed E-state index contributed by atoms with van der Waals surface area (Å²) in [4.78, 5) is 12.6. The van der Waals surface area contributed by atoms with Crippen LogP contribution >= 0.6 is 15.9 Å². The van der Waals surface area contributed by atoms with Gasteiger partial charge < -0.3 is 0 Å². The summed E-state index contributed by atoms with van der Waals surface area (Å²) < 4.78 is -0.210. The average Bonchev–Trinajstić information content (AvgIpc) is 2.27. The van der Waals surface area contributed by atoms with Crippen molar-refractivity contribution in [1.82, 2.24) is 0 Å². The predicted molar refractivity (Wildman–Crippen MR) is 77.9 cm³/mol. The van der Waals surface area contributed by atoms with Gasteiger partial charge in [-0.2, -0.15) is 0 Å². The number of hydrogen-bond acceptors (Lipinski definition) is 1. The average molecular weight is 311 g/mol. The van der Waals surface area contributed by atoms with Crippen LogP contribution in [0.5, 0.6) is 0 Å². The number of hydrogen-bond donors (Lipinski definition) is 0. The van der Waals surface area contributed by atoms with E-state index in [1.54, 1.807) is 11.1 Å². The van der Waals surface area contributed by atoms with E-state index < -0.39 is 0 Å². The van der Waals surface area contributed by atoms with Crippen LogP contribution in [0.4, 0.5) is 0 Å². The fraction of sp³-hybridized carbons (Fsp3) is 0.812. The number of carbonyl (C=O) groups is 1. The quantitative estimate of drug-likeness (QED) is 0.464. The number of ketones is 1. The second-order valence-electron chi connectivity index (χ2n) is 7.32. The van der Waals surface area contributed by atoms with Gasteiger partial charge in [-0.05, 0) is 56.3 Å². The van der Waals surface area contributed by atoms with Gasteiger partial charge in [0, 0.05) is 6.42 Å². The molecule has 1 unspecified atom stereocenters. The van der Waals surface area contributed by atoms with Crippen LogP contribution in [0.25, 0.3) is 0 Å². The first-order valence-corrected chi connectivity index (χ1v) is 8.12. The fourth-order valence-electron chi connectivity index (χ4n) is 4.29. The second-order valence-corrected chi connectivity index (χ2v) is 8.74. The molecule has 0 aromatic rings. The molecule has 1 saturated carbocycles. The van der Waals surface area contributed by atoms with Gasteiger partial charge in [0.1, 0.15) is 0 Å². The van der Waals surface area contributed by atoms with Crippen molar-refractivity contribution in [3.63, 3.8) is 0 Å². The van der Waals surface area contributed by atoms with E-state index in [0.717, 1.165) is 12.8 Å². The minimum atomic E-state index is -0.210. The first kappa shape index (κ1) is 12.9. The Morgan fingerprint density at radius 1 is 1.11 bits per heavy atom. The highest BCUT2D eigenvalue weighted by molar-refractivity contribution is 9.10. The van der Waals surface area contributed by atoms with E-state index in [-0.39, 0.29) is 9.74 Å². The largest absolute Gasteiger partial charge is 0.298 e. The Labute approximate surface area is 119 Å². The zero-order chi connectivity index (χ0) is 13.0. The summed E-state index contributed by atoms with van der Waals surface area (Å²) in [6.45, 7) is 4.50. The van der Waals surface area contributed by atoms with E-state index in [0.29, 0.717) is 11.7 Å². The summed E-state index contributed by atoms with van der Waals surface area (Å²) in [5.41, 5.74) is 3.51. The van der Waals surface area contributed by atoms with Crippen LogP contribution in [0, 0.1) is 11.3 Å². The minimum absolute atomic E-state index is 0.200. The van der Waals surface area contributed by atoms with Gasteiger partial charge >= 0.3 is 0 Å². The zero-order valence-corrected chi connectivity index (χ0v) is 13.1. The Hall–Kier alpha value is -0.110. The predicted octanol–water partition coefficient (Wildman–Crippen LogP) is 4.79. The summed E-state index contributed by atoms with van der Waals surface area (Å²) in [6, 6.07) is 0. The molecule has 18 heavy (non-hydrogen) atoms. The van der Waals surface area contributed by atoms with Crippen molar-refractivity contribution in [1.29, 1.82) is 0 Å². The molecule has 3 rings (SSSR count). The van der Waals surface area contributed by atoms with E-state index in [4.69, 9.17) is 0 Å². The van der Waals surface area contributed by atoms with Gasteiger partial charge in [0.25, 0.3) is 0 Å². The van der Waals surface area contributed by atoms with Crippen molar-refractivity contribution in [2.24, 2.45) is 11.3 Å². The summed E-state index contributed by atoms with van der Waals surface area (Å²) in [6.07, 6.45) is 9.34. The van der Waals surface area contributed by atoms with Gasteiger partial charge in [-0.25, -0.2) is 0 Å². The third-order valence-corrected chi connectivity index (χ3v) is 6.59. The molecule has 2 heteroatoms. The number of allylic oxidation sites excluding steroid dienone is 2. The van der Waals surface area contributed by atoms with Crippen molar-refractivity contribution in [2.75, 3.05) is 0 Å². The number of carbonyl (C=O) groups excluding carboxylic acids is 1. The Bertz CT molecular complexity index is 421. The van der Waals surface area contributed by atoms with Gasteiger partial charge in [-0.3, -0.25) is 4.79 Å². The molecular formula is C16H23BrO. The molecule has 2 atom stereocenters. The normalized spacial score (nSPS) is 39.3. The number of alkyl halides is 1. The molecule has 0 aromatic heterocycles. The minimum Gasteiger partial charge on any atom is -0.298 e. The molecule has 0 aromatic carbocycles. The molecule has 0 bridgehead atoms. The van der Waals surface area contributed by atoms with Crippen LogP contribution in [0.2, 0.25) is 0 Å². The van der Waals surface area contributed by atoms with E-state index in [2.05, 4.69) is 29.8 Å². The zero-order valence-electron chi connectivity index (χ0n) is 11.5. The van der Waals surface area contributed by atoms with E-state index in [1.165, 1.54) is 38.5 Å². The number of fused-ring (bicyclic) bond motifs is 1.